The molecule has 1 saturated carbocycles. The van der Waals surface area contributed by atoms with Crippen molar-refractivity contribution in [1.29, 1.82) is 0 Å². The lowest BCUT2D eigenvalue weighted by Crippen LogP contribution is -2.34. The first-order valence-electron chi connectivity index (χ1n) is 4.27. The average Bonchev–Trinajstić information content (AvgIpc) is 2.69. The minimum atomic E-state index is -0.544. The summed E-state index contributed by atoms with van der Waals surface area (Å²) in [4.78, 5) is 11.5. The van der Waals surface area contributed by atoms with Crippen molar-refractivity contribution in [3.63, 3.8) is 0 Å². The number of hydrogen-bond acceptors (Lipinski definition) is 4. The van der Waals surface area contributed by atoms with Gasteiger partial charge < -0.3 is 5.73 Å². The molecule has 0 aliphatic heterocycles. The normalized spacial score (nSPS) is 18.6. The lowest BCUT2D eigenvalue weighted by molar-refractivity contribution is -0.120. The number of aryl methyl sites for hydroxylation is 1. The van der Waals surface area contributed by atoms with E-state index in [1.54, 1.807) is 17.9 Å². The van der Waals surface area contributed by atoms with Crippen molar-refractivity contribution < 1.29 is 4.79 Å². The largest absolute Gasteiger partial charge is 0.319 e. The molecule has 2 N–H and O–H groups in total. The van der Waals surface area contributed by atoms with Crippen LogP contribution in [0.25, 0.3) is 0 Å². The van der Waals surface area contributed by atoms with Crippen LogP contribution in [-0.4, -0.2) is 26.3 Å². The fraction of sp³-hybridized carbons (Fsp3) is 0.625. The Hall–Kier alpha value is -1.23. The van der Waals surface area contributed by atoms with Gasteiger partial charge in [0, 0.05) is 13.2 Å². The first-order chi connectivity index (χ1) is 6.10. The van der Waals surface area contributed by atoms with Gasteiger partial charge in [0.2, 0.25) is 0 Å². The Kier molecular flexibility index (Phi) is 1.69. The van der Waals surface area contributed by atoms with Crippen LogP contribution in [0.1, 0.15) is 18.5 Å². The highest BCUT2D eigenvalue weighted by molar-refractivity contribution is 5.92. The van der Waals surface area contributed by atoms with E-state index in [9.17, 15) is 4.79 Å². The highest BCUT2D eigenvalue weighted by atomic mass is 16.1. The predicted octanol–water partition coefficient (Wildman–Crippen LogP) is -0.582. The first-order valence-corrected chi connectivity index (χ1v) is 4.27. The maximum absolute atomic E-state index is 11.5. The molecule has 0 aromatic carbocycles. The molecule has 1 aliphatic rings. The maximum atomic E-state index is 11.5. The standard InChI is InChI=1S/C8H12N4O/c1-12-5-6(10-11-12)4-7(13)8(9)2-3-8/h5H,2-4,9H2,1H3. The molecular weight excluding hydrogens is 168 g/mol. The second-order valence-corrected chi connectivity index (χ2v) is 3.64. The lowest BCUT2D eigenvalue weighted by atomic mass is 10.1. The third-order valence-corrected chi connectivity index (χ3v) is 2.34. The van der Waals surface area contributed by atoms with Gasteiger partial charge in [0.15, 0.2) is 5.78 Å². The maximum Gasteiger partial charge on any atom is 0.158 e. The van der Waals surface area contributed by atoms with E-state index in [1.165, 1.54) is 0 Å². The molecule has 1 fully saturated rings. The van der Waals surface area contributed by atoms with Gasteiger partial charge in [0.05, 0.1) is 17.7 Å². The third kappa shape index (κ3) is 1.60. The summed E-state index contributed by atoms with van der Waals surface area (Å²) in [6, 6.07) is 0. The number of carbonyl (C=O) groups is 1. The van der Waals surface area contributed by atoms with Crippen LogP contribution in [0.5, 0.6) is 0 Å². The van der Waals surface area contributed by atoms with Crippen molar-refractivity contribution in [1.82, 2.24) is 15.0 Å². The number of aromatic nitrogens is 3. The summed E-state index contributed by atoms with van der Waals surface area (Å²) >= 11 is 0. The third-order valence-electron chi connectivity index (χ3n) is 2.34. The fourth-order valence-corrected chi connectivity index (χ4v) is 1.23. The molecule has 0 unspecified atom stereocenters. The molecule has 2 rings (SSSR count). The Morgan fingerprint density at radius 1 is 1.77 bits per heavy atom. The minimum Gasteiger partial charge on any atom is -0.319 e. The molecule has 1 aromatic rings. The monoisotopic (exact) mass is 180 g/mol. The van der Waals surface area contributed by atoms with E-state index in [1.807, 2.05) is 0 Å². The minimum absolute atomic E-state index is 0.0769. The van der Waals surface area contributed by atoms with Gasteiger partial charge in [-0.1, -0.05) is 5.21 Å². The van der Waals surface area contributed by atoms with Crippen molar-refractivity contribution in [3.8, 4) is 0 Å². The molecule has 1 heterocycles. The van der Waals surface area contributed by atoms with Crippen LogP contribution in [0, 0.1) is 0 Å². The van der Waals surface area contributed by atoms with E-state index in [4.69, 9.17) is 5.73 Å². The van der Waals surface area contributed by atoms with Crippen LogP contribution in [-0.2, 0) is 18.3 Å². The summed E-state index contributed by atoms with van der Waals surface area (Å²) in [7, 11) is 1.77. The van der Waals surface area contributed by atoms with Gasteiger partial charge in [-0.05, 0) is 12.8 Å². The highest BCUT2D eigenvalue weighted by Crippen LogP contribution is 2.33. The number of hydrogen-bond donors (Lipinski definition) is 1. The summed E-state index contributed by atoms with van der Waals surface area (Å²) in [5, 5.41) is 7.58. The number of ketones is 1. The van der Waals surface area contributed by atoms with Crippen LogP contribution >= 0.6 is 0 Å². The van der Waals surface area contributed by atoms with E-state index < -0.39 is 5.54 Å². The van der Waals surface area contributed by atoms with Crippen LogP contribution < -0.4 is 5.73 Å². The molecule has 1 aliphatic carbocycles. The fourth-order valence-electron chi connectivity index (χ4n) is 1.23. The van der Waals surface area contributed by atoms with E-state index >= 15 is 0 Å². The van der Waals surface area contributed by atoms with Gasteiger partial charge in [-0.3, -0.25) is 9.48 Å². The van der Waals surface area contributed by atoms with E-state index in [2.05, 4.69) is 10.3 Å². The van der Waals surface area contributed by atoms with Gasteiger partial charge >= 0.3 is 0 Å². The number of carbonyl (C=O) groups excluding carboxylic acids is 1. The van der Waals surface area contributed by atoms with E-state index in [0.29, 0.717) is 12.1 Å². The molecule has 0 atom stereocenters. The molecule has 0 bridgehead atoms. The Morgan fingerprint density at radius 3 is 2.92 bits per heavy atom. The zero-order valence-electron chi connectivity index (χ0n) is 7.53. The molecular formula is C8H12N4O. The summed E-state index contributed by atoms with van der Waals surface area (Å²) < 4.78 is 1.58. The Balaban J connectivity index is 2.02. The number of nitrogens with two attached hydrogens (primary N) is 1. The van der Waals surface area contributed by atoms with E-state index in [-0.39, 0.29) is 5.78 Å². The Labute approximate surface area is 75.9 Å². The zero-order chi connectivity index (χ0) is 9.47. The number of Topliss-reactive ketones (excluding diaryl/α,β-unsaturated/α-hetero) is 1. The summed E-state index contributed by atoms with van der Waals surface area (Å²) in [6.07, 6.45) is 3.67. The summed E-state index contributed by atoms with van der Waals surface area (Å²) in [6.45, 7) is 0. The molecule has 0 spiro atoms. The summed E-state index contributed by atoms with van der Waals surface area (Å²) in [5.41, 5.74) is 5.89. The molecule has 0 amide bonds. The van der Waals surface area contributed by atoms with Crippen LogP contribution in [0.2, 0.25) is 0 Å². The van der Waals surface area contributed by atoms with Crippen molar-refractivity contribution in [3.05, 3.63) is 11.9 Å². The molecule has 5 nitrogen and oxygen atoms in total. The number of nitrogens with zero attached hydrogens (tertiary/aromatic N) is 3. The molecule has 1 aromatic heterocycles. The van der Waals surface area contributed by atoms with Crippen molar-refractivity contribution >= 4 is 5.78 Å². The predicted molar refractivity (Wildman–Crippen MR) is 45.9 cm³/mol. The average molecular weight is 180 g/mol. The van der Waals surface area contributed by atoms with Gasteiger partial charge in [-0.25, -0.2) is 0 Å². The molecule has 0 saturated heterocycles. The molecule has 70 valence electrons. The molecule has 5 heteroatoms. The van der Waals surface area contributed by atoms with Gasteiger partial charge in [0.1, 0.15) is 0 Å². The van der Waals surface area contributed by atoms with Crippen LogP contribution in [0.15, 0.2) is 6.20 Å². The second kappa shape index (κ2) is 2.63. The van der Waals surface area contributed by atoms with E-state index in [0.717, 1.165) is 12.8 Å². The Bertz CT molecular complexity index is 340. The van der Waals surface area contributed by atoms with Crippen molar-refractivity contribution in [2.45, 2.75) is 24.8 Å². The topological polar surface area (TPSA) is 73.8 Å². The first kappa shape index (κ1) is 8.37. The Morgan fingerprint density at radius 2 is 2.46 bits per heavy atom. The van der Waals surface area contributed by atoms with Crippen LogP contribution in [0.3, 0.4) is 0 Å². The number of rotatable bonds is 3. The van der Waals surface area contributed by atoms with Crippen molar-refractivity contribution in [2.24, 2.45) is 12.8 Å². The molecule has 0 radical (unpaired) electrons. The SMILES string of the molecule is Cn1cc(CC(=O)C2(N)CC2)nn1. The van der Waals surface area contributed by atoms with Gasteiger partial charge in [-0.2, -0.15) is 0 Å². The highest BCUT2D eigenvalue weighted by Gasteiger charge is 2.45. The summed E-state index contributed by atoms with van der Waals surface area (Å²) in [5.74, 6) is 0.0769. The smallest absolute Gasteiger partial charge is 0.158 e. The molecule has 13 heavy (non-hydrogen) atoms. The quantitative estimate of drug-likeness (QED) is 0.675. The van der Waals surface area contributed by atoms with Gasteiger partial charge in [0.25, 0.3) is 0 Å². The van der Waals surface area contributed by atoms with Crippen molar-refractivity contribution in [2.75, 3.05) is 0 Å². The second-order valence-electron chi connectivity index (χ2n) is 3.64. The lowest BCUT2D eigenvalue weighted by Gasteiger charge is -2.03. The van der Waals surface area contributed by atoms with Gasteiger partial charge in [-0.15, -0.1) is 5.10 Å². The van der Waals surface area contributed by atoms with Crippen LogP contribution in [0.4, 0.5) is 0 Å². The zero-order valence-corrected chi connectivity index (χ0v) is 7.53.